The minimum absolute atomic E-state index is 0.614. The van der Waals surface area contributed by atoms with E-state index in [2.05, 4.69) is 78.9 Å². The van der Waals surface area contributed by atoms with Gasteiger partial charge in [-0.25, -0.2) is 15.0 Å². The molecule has 0 atom stereocenters. The van der Waals surface area contributed by atoms with Crippen molar-refractivity contribution in [2.45, 2.75) is 0 Å². The summed E-state index contributed by atoms with van der Waals surface area (Å²) in [5.74, 6) is 1.88. The standard InChI is InChI=1S/C39H23N3O/c1-2-11-27(12-3-1)37-40-38(42-39(41-37)31-17-9-19-33-36(31)29-15-6-7-18-32(29)43-33)30-16-8-13-25-22-23-26-21-20-24-10-4-5-14-28(24)34(26)35(25)30/h1-23H. The molecule has 0 spiro atoms. The van der Waals surface area contributed by atoms with Crippen LogP contribution in [0.4, 0.5) is 0 Å². The smallest absolute Gasteiger partial charge is 0.164 e. The van der Waals surface area contributed by atoms with E-state index in [0.29, 0.717) is 17.5 Å². The third-order valence-corrected chi connectivity index (χ3v) is 8.30. The maximum atomic E-state index is 6.22. The summed E-state index contributed by atoms with van der Waals surface area (Å²) in [5.41, 5.74) is 4.48. The van der Waals surface area contributed by atoms with Crippen molar-refractivity contribution in [2.75, 3.05) is 0 Å². The maximum Gasteiger partial charge on any atom is 0.164 e. The van der Waals surface area contributed by atoms with E-state index >= 15 is 0 Å². The van der Waals surface area contributed by atoms with Crippen molar-refractivity contribution in [2.24, 2.45) is 0 Å². The Morgan fingerprint density at radius 2 is 0.907 bits per heavy atom. The van der Waals surface area contributed by atoms with Gasteiger partial charge in [-0.2, -0.15) is 0 Å². The molecule has 2 aromatic heterocycles. The minimum Gasteiger partial charge on any atom is -0.456 e. The first-order valence-corrected chi connectivity index (χ1v) is 14.4. The molecule has 0 unspecified atom stereocenters. The fourth-order valence-electron chi connectivity index (χ4n) is 6.35. The minimum atomic E-state index is 0.614. The van der Waals surface area contributed by atoms with E-state index < -0.39 is 0 Å². The van der Waals surface area contributed by atoms with E-state index in [1.807, 2.05) is 60.7 Å². The lowest BCUT2D eigenvalue weighted by Gasteiger charge is -2.13. The number of hydrogen-bond acceptors (Lipinski definition) is 4. The number of rotatable bonds is 3. The molecule has 0 radical (unpaired) electrons. The maximum absolute atomic E-state index is 6.22. The number of aromatic nitrogens is 3. The van der Waals surface area contributed by atoms with Crippen molar-refractivity contribution in [3.8, 4) is 34.2 Å². The monoisotopic (exact) mass is 549 g/mol. The molecule has 0 aliphatic heterocycles. The quantitative estimate of drug-likeness (QED) is 0.206. The van der Waals surface area contributed by atoms with Crippen LogP contribution in [-0.4, -0.2) is 15.0 Å². The van der Waals surface area contributed by atoms with Crippen LogP contribution in [0.1, 0.15) is 0 Å². The molecule has 4 nitrogen and oxygen atoms in total. The van der Waals surface area contributed by atoms with Crippen LogP contribution in [0.5, 0.6) is 0 Å². The highest BCUT2D eigenvalue weighted by Crippen LogP contribution is 2.39. The first-order chi connectivity index (χ1) is 21.3. The van der Waals surface area contributed by atoms with E-state index in [4.69, 9.17) is 19.4 Å². The fourth-order valence-corrected chi connectivity index (χ4v) is 6.35. The molecular formula is C39H23N3O. The summed E-state index contributed by atoms with van der Waals surface area (Å²) in [6.07, 6.45) is 0. The highest BCUT2D eigenvalue weighted by atomic mass is 16.3. The van der Waals surface area contributed by atoms with E-state index in [9.17, 15) is 0 Å². The van der Waals surface area contributed by atoms with Gasteiger partial charge in [-0.3, -0.25) is 0 Å². The number of benzene rings is 7. The lowest BCUT2D eigenvalue weighted by atomic mass is 9.93. The second kappa shape index (κ2) is 9.33. The highest BCUT2D eigenvalue weighted by molar-refractivity contribution is 6.23. The van der Waals surface area contributed by atoms with Gasteiger partial charge in [0.25, 0.3) is 0 Å². The summed E-state index contributed by atoms with van der Waals surface area (Å²) in [7, 11) is 0. The van der Waals surface area contributed by atoms with Crippen LogP contribution in [0.3, 0.4) is 0 Å². The first kappa shape index (κ1) is 23.8. The van der Waals surface area contributed by atoms with Crippen LogP contribution in [0.2, 0.25) is 0 Å². The van der Waals surface area contributed by atoms with Gasteiger partial charge in [-0.05, 0) is 39.1 Å². The van der Waals surface area contributed by atoms with Crippen LogP contribution >= 0.6 is 0 Å². The summed E-state index contributed by atoms with van der Waals surface area (Å²) in [5, 5.41) is 9.14. The zero-order chi connectivity index (χ0) is 28.3. The molecule has 0 aliphatic rings. The van der Waals surface area contributed by atoms with Gasteiger partial charge >= 0.3 is 0 Å². The third-order valence-electron chi connectivity index (χ3n) is 8.30. The Morgan fingerprint density at radius 3 is 1.72 bits per heavy atom. The SMILES string of the molecule is c1ccc(-c2nc(-c3cccc4oc5ccccc5c34)nc(-c3cccc4ccc5ccc6ccccc6c5c34)n2)cc1. The first-order valence-electron chi connectivity index (χ1n) is 14.4. The molecule has 9 rings (SSSR count). The summed E-state index contributed by atoms with van der Waals surface area (Å²) < 4.78 is 6.22. The highest BCUT2D eigenvalue weighted by Gasteiger charge is 2.19. The zero-order valence-electron chi connectivity index (χ0n) is 23.0. The van der Waals surface area contributed by atoms with Gasteiger partial charge in [0.15, 0.2) is 17.5 Å². The van der Waals surface area contributed by atoms with Gasteiger partial charge < -0.3 is 4.42 Å². The number of hydrogen-bond donors (Lipinski definition) is 0. The fraction of sp³-hybridized carbons (Fsp3) is 0. The van der Waals surface area contributed by atoms with Crippen LogP contribution < -0.4 is 0 Å². The van der Waals surface area contributed by atoms with Crippen LogP contribution in [0.15, 0.2) is 144 Å². The van der Waals surface area contributed by atoms with Gasteiger partial charge in [0, 0.05) is 32.8 Å². The molecule has 0 bridgehead atoms. The molecule has 9 aromatic rings. The average molecular weight is 550 g/mol. The second-order valence-electron chi connectivity index (χ2n) is 10.8. The molecule has 2 heterocycles. The van der Waals surface area contributed by atoms with Crippen molar-refractivity contribution in [3.63, 3.8) is 0 Å². The molecule has 0 saturated heterocycles. The van der Waals surface area contributed by atoms with Crippen LogP contribution in [0.25, 0.3) is 88.4 Å². The number of fused-ring (bicyclic) bond motifs is 8. The Bertz CT molecular complexity index is 2510. The molecule has 0 fully saturated rings. The van der Waals surface area contributed by atoms with E-state index in [1.54, 1.807) is 0 Å². The Balaban J connectivity index is 1.40. The Morgan fingerprint density at radius 1 is 0.349 bits per heavy atom. The number of furan rings is 1. The predicted octanol–water partition coefficient (Wildman–Crippen LogP) is 10.2. The summed E-state index contributed by atoms with van der Waals surface area (Å²) in [6, 6.07) is 48.0. The summed E-state index contributed by atoms with van der Waals surface area (Å²) in [6.45, 7) is 0. The van der Waals surface area contributed by atoms with Crippen molar-refractivity contribution < 1.29 is 4.42 Å². The van der Waals surface area contributed by atoms with Crippen molar-refractivity contribution in [1.29, 1.82) is 0 Å². The third kappa shape index (κ3) is 3.74. The number of para-hydroxylation sites is 1. The van der Waals surface area contributed by atoms with Crippen molar-refractivity contribution in [3.05, 3.63) is 140 Å². The van der Waals surface area contributed by atoms with E-state index in [1.165, 1.54) is 21.5 Å². The molecule has 43 heavy (non-hydrogen) atoms. The van der Waals surface area contributed by atoms with E-state index in [-0.39, 0.29) is 0 Å². The Labute approximate surface area is 246 Å². The normalized spacial score (nSPS) is 11.7. The largest absolute Gasteiger partial charge is 0.456 e. The van der Waals surface area contributed by atoms with Crippen LogP contribution in [-0.2, 0) is 0 Å². The van der Waals surface area contributed by atoms with Crippen LogP contribution in [0, 0.1) is 0 Å². The predicted molar refractivity (Wildman–Crippen MR) is 176 cm³/mol. The van der Waals surface area contributed by atoms with Gasteiger partial charge in [0.05, 0.1) is 0 Å². The molecular weight excluding hydrogens is 526 g/mol. The molecule has 200 valence electrons. The molecule has 0 aliphatic carbocycles. The van der Waals surface area contributed by atoms with Gasteiger partial charge in [0.2, 0.25) is 0 Å². The molecule has 4 heteroatoms. The number of nitrogens with zero attached hydrogens (tertiary/aromatic N) is 3. The Hall–Kier alpha value is -5.87. The lowest BCUT2D eigenvalue weighted by Crippen LogP contribution is -2.01. The summed E-state index contributed by atoms with van der Waals surface area (Å²) in [4.78, 5) is 15.4. The van der Waals surface area contributed by atoms with Gasteiger partial charge in [0.1, 0.15) is 11.2 Å². The molecule has 0 N–H and O–H groups in total. The topological polar surface area (TPSA) is 51.8 Å². The molecule has 0 amide bonds. The average Bonchev–Trinajstić information content (AvgIpc) is 3.47. The second-order valence-corrected chi connectivity index (χ2v) is 10.8. The van der Waals surface area contributed by atoms with Gasteiger partial charge in [-0.1, -0.05) is 127 Å². The lowest BCUT2D eigenvalue weighted by molar-refractivity contribution is 0.669. The Kier molecular flexibility index (Phi) is 5.16. The zero-order valence-corrected chi connectivity index (χ0v) is 23.0. The van der Waals surface area contributed by atoms with Gasteiger partial charge in [-0.15, -0.1) is 0 Å². The molecule has 7 aromatic carbocycles. The van der Waals surface area contributed by atoms with E-state index in [0.717, 1.165) is 49.4 Å². The van der Waals surface area contributed by atoms with Crippen molar-refractivity contribution >= 4 is 54.3 Å². The molecule has 0 saturated carbocycles. The summed E-state index contributed by atoms with van der Waals surface area (Å²) >= 11 is 0. The van der Waals surface area contributed by atoms with Crippen molar-refractivity contribution in [1.82, 2.24) is 15.0 Å².